The van der Waals surface area contributed by atoms with Gasteiger partial charge in [-0.15, -0.1) is 0 Å². The Morgan fingerprint density at radius 2 is 1.77 bits per heavy atom. The second-order valence-electron chi connectivity index (χ2n) is 7.11. The first kappa shape index (κ1) is 26.8. The zero-order valence-corrected chi connectivity index (χ0v) is 19.9. The van der Waals surface area contributed by atoms with E-state index < -0.39 is 15.9 Å². The van der Waals surface area contributed by atoms with Crippen LogP contribution in [0.1, 0.15) is 10.5 Å². The van der Waals surface area contributed by atoms with Crippen LogP contribution in [0.4, 0.5) is 11.5 Å². The van der Waals surface area contributed by atoms with Crippen molar-refractivity contribution >= 4 is 79.5 Å². The molecule has 4 rings (SSSR count). The van der Waals surface area contributed by atoms with Crippen LogP contribution >= 0.6 is 11.6 Å². The summed E-state index contributed by atoms with van der Waals surface area (Å²) >= 11 is 6.40. The van der Waals surface area contributed by atoms with Gasteiger partial charge < -0.3 is 19.4 Å². The van der Waals surface area contributed by atoms with Crippen LogP contribution in [0.2, 0.25) is 5.02 Å². The molecule has 0 aliphatic carbocycles. The van der Waals surface area contributed by atoms with E-state index in [9.17, 15) is 13.2 Å². The van der Waals surface area contributed by atoms with Crippen molar-refractivity contribution in [1.29, 1.82) is 0 Å². The second-order valence-corrected chi connectivity index (χ2v) is 9.20. The molecule has 2 aromatic heterocycles. The van der Waals surface area contributed by atoms with Gasteiger partial charge in [-0.05, 0) is 48.5 Å². The van der Waals surface area contributed by atoms with E-state index in [1.54, 1.807) is 31.3 Å². The SMILES string of the molecule is COc1ccc(S(=O)(=O)NC(=O)c2cc3c(Nc4ccnc(OC)n4)ccc(Cl)c3n2C)cc1.[NaH]. The van der Waals surface area contributed by atoms with E-state index >= 15 is 0 Å². The molecule has 0 bridgehead atoms. The zero-order chi connectivity index (χ0) is 24.5. The third-order valence-electron chi connectivity index (χ3n) is 5.05. The second kappa shape index (κ2) is 10.8. The van der Waals surface area contributed by atoms with Crippen molar-refractivity contribution in [3.05, 3.63) is 65.4 Å². The number of methoxy groups -OCH3 is 2. The van der Waals surface area contributed by atoms with Gasteiger partial charge >= 0.3 is 35.6 Å². The van der Waals surface area contributed by atoms with E-state index in [1.165, 1.54) is 49.2 Å². The Morgan fingerprint density at radius 3 is 2.43 bits per heavy atom. The minimum absolute atomic E-state index is 0. The first-order valence-electron chi connectivity index (χ1n) is 9.86. The maximum absolute atomic E-state index is 13.0. The first-order valence-corrected chi connectivity index (χ1v) is 11.7. The van der Waals surface area contributed by atoms with E-state index in [0.29, 0.717) is 33.2 Å². The number of ether oxygens (including phenoxy) is 2. The molecule has 0 atom stereocenters. The molecule has 0 fully saturated rings. The predicted molar refractivity (Wildman–Crippen MR) is 135 cm³/mol. The summed E-state index contributed by atoms with van der Waals surface area (Å²) in [6.45, 7) is 0. The van der Waals surface area contributed by atoms with E-state index in [4.69, 9.17) is 21.1 Å². The van der Waals surface area contributed by atoms with Crippen LogP contribution in [0.3, 0.4) is 0 Å². The number of nitrogens with one attached hydrogen (secondary N) is 2. The Morgan fingerprint density at radius 1 is 1.06 bits per heavy atom. The molecule has 1 amide bonds. The standard InChI is InChI=1S/C22H20ClN5O5S.Na.H/c1-28-18(21(29)27-34(30,31)14-6-4-13(32-2)5-7-14)12-15-17(9-8-16(23)20(15)28)25-19-10-11-24-22(26-19)33-3;;/h4-12H,1-3H3,(H,27,29)(H,24,25,26);;. The van der Waals surface area contributed by atoms with Gasteiger partial charge in [-0.3, -0.25) is 4.79 Å². The van der Waals surface area contributed by atoms with Crippen LogP contribution in [-0.2, 0) is 17.1 Å². The Hall–Kier alpha value is -2.83. The molecular formula is C22H21ClN5NaO5S. The topological polar surface area (TPSA) is 124 Å². The van der Waals surface area contributed by atoms with Gasteiger partial charge in [-0.2, -0.15) is 4.98 Å². The number of hydrogen-bond donors (Lipinski definition) is 2. The Bertz CT molecular complexity index is 1490. The van der Waals surface area contributed by atoms with Crippen molar-refractivity contribution in [2.24, 2.45) is 7.05 Å². The van der Waals surface area contributed by atoms with Crippen LogP contribution in [0.15, 0.2) is 59.6 Å². The molecule has 178 valence electrons. The Kier molecular flexibility index (Phi) is 8.29. The minimum atomic E-state index is -4.11. The molecule has 0 aliphatic heterocycles. The van der Waals surface area contributed by atoms with Gasteiger partial charge in [0.15, 0.2) is 0 Å². The summed E-state index contributed by atoms with van der Waals surface area (Å²) in [5.74, 6) is 0.155. The molecule has 0 unspecified atom stereocenters. The van der Waals surface area contributed by atoms with Crippen molar-refractivity contribution in [2.45, 2.75) is 4.90 Å². The van der Waals surface area contributed by atoms with Gasteiger partial charge in [0.1, 0.15) is 17.3 Å². The summed E-state index contributed by atoms with van der Waals surface area (Å²) in [7, 11) is 0.447. The van der Waals surface area contributed by atoms with Gasteiger partial charge in [0, 0.05) is 24.3 Å². The fourth-order valence-corrected chi connectivity index (χ4v) is 4.64. The predicted octanol–water partition coefficient (Wildman–Crippen LogP) is 2.85. The van der Waals surface area contributed by atoms with Crippen molar-refractivity contribution in [1.82, 2.24) is 19.3 Å². The summed E-state index contributed by atoms with van der Waals surface area (Å²) in [5, 5.41) is 4.13. The van der Waals surface area contributed by atoms with Crippen molar-refractivity contribution in [3.63, 3.8) is 0 Å². The molecule has 4 aromatic rings. The number of halogens is 1. The van der Waals surface area contributed by atoms with Crippen molar-refractivity contribution in [2.75, 3.05) is 19.5 Å². The Labute approximate surface area is 229 Å². The molecule has 13 heteroatoms. The molecule has 2 N–H and O–H groups in total. The van der Waals surface area contributed by atoms with Crippen LogP contribution < -0.4 is 19.5 Å². The zero-order valence-electron chi connectivity index (χ0n) is 18.4. The van der Waals surface area contributed by atoms with E-state index in [0.717, 1.165) is 0 Å². The average molecular weight is 526 g/mol. The molecule has 2 aromatic carbocycles. The monoisotopic (exact) mass is 525 g/mol. The van der Waals surface area contributed by atoms with E-state index in [-0.39, 0.29) is 46.2 Å². The number of carbonyl (C=O) groups is 1. The number of rotatable bonds is 7. The number of sulfonamides is 1. The van der Waals surface area contributed by atoms with Gasteiger partial charge in [0.2, 0.25) is 0 Å². The molecule has 0 radical (unpaired) electrons. The number of fused-ring (bicyclic) bond motifs is 1. The molecule has 0 aliphatic rings. The number of hydrogen-bond acceptors (Lipinski definition) is 8. The van der Waals surface area contributed by atoms with Crippen LogP contribution in [0.5, 0.6) is 11.8 Å². The normalized spacial score (nSPS) is 11.0. The molecule has 35 heavy (non-hydrogen) atoms. The number of nitrogens with zero attached hydrogens (tertiary/aromatic N) is 3. The van der Waals surface area contributed by atoms with Gasteiger partial charge in [0.25, 0.3) is 15.9 Å². The van der Waals surface area contributed by atoms with Crippen molar-refractivity contribution in [3.8, 4) is 11.8 Å². The number of aryl methyl sites for hydroxylation is 1. The van der Waals surface area contributed by atoms with Gasteiger partial charge in [-0.1, -0.05) is 11.6 Å². The molecule has 0 saturated heterocycles. The van der Waals surface area contributed by atoms with Gasteiger partial charge in [-0.25, -0.2) is 18.1 Å². The summed E-state index contributed by atoms with van der Waals surface area (Å²) in [4.78, 5) is 21.1. The third-order valence-corrected chi connectivity index (χ3v) is 6.71. The van der Waals surface area contributed by atoms with E-state index in [1.807, 2.05) is 0 Å². The molecule has 2 heterocycles. The van der Waals surface area contributed by atoms with Crippen LogP contribution in [0, 0.1) is 0 Å². The summed E-state index contributed by atoms with van der Waals surface area (Å²) in [6.07, 6.45) is 1.54. The molecule has 0 spiro atoms. The Balaban J connectivity index is 0.00000342. The molecule has 10 nitrogen and oxygen atoms in total. The fourth-order valence-electron chi connectivity index (χ4n) is 3.38. The van der Waals surface area contributed by atoms with E-state index in [2.05, 4.69) is 20.0 Å². The maximum atomic E-state index is 13.0. The number of amides is 1. The van der Waals surface area contributed by atoms with Crippen molar-refractivity contribution < 1.29 is 22.7 Å². The van der Waals surface area contributed by atoms with Gasteiger partial charge in [0.05, 0.1) is 29.7 Å². The average Bonchev–Trinajstić information content (AvgIpc) is 3.19. The number of carbonyl (C=O) groups excluding carboxylic acids is 1. The molecular weight excluding hydrogens is 505 g/mol. The quantitative estimate of drug-likeness (QED) is 0.353. The summed E-state index contributed by atoms with van der Waals surface area (Å²) in [5.41, 5.74) is 1.25. The van der Waals surface area contributed by atoms with Crippen LogP contribution in [-0.4, -0.2) is 72.6 Å². The number of aromatic nitrogens is 3. The third kappa shape index (κ3) is 5.54. The first-order chi connectivity index (χ1) is 16.2. The molecule has 0 saturated carbocycles. The fraction of sp³-hybridized carbons (Fsp3) is 0.136. The van der Waals surface area contributed by atoms with Crippen LogP contribution in [0.25, 0.3) is 10.9 Å². The summed E-state index contributed by atoms with van der Waals surface area (Å²) in [6, 6.07) is 12.5. The summed E-state index contributed by atoms with van der Waals surface area (Å²) < 4.78 is 39.2. The number of anilines is 2. The number of benzene rings is 2.